The highest BCUT2D eigenvalue weighted by atomic mass is 79.9. The highest BCUT2D eigenvalue weighted by Crippen LogP contribution is 2.19. The zero-order chi connectivity index (χ0) is 17.1. The predicted molar refractivity (Wildman–Crippen MR) is 100 cm³/mol. The Morgan fingerprint density at radius 1 is 1.17 bits per heavy atom. The van der Waals surface area contributed by atoms with Crippen molar-refractivity contribution in [1.29, 1.82) is 0 Å². The number of aryl methyl sites for hydroxylation is 2. The summed E-state index contributed by atoms with van der Waals surface area (Å²) in [6.45, 7) is 3.84. The van der Waals surface area contributed by atoms with E-state index in [1.807, 2.05) is 62.4 Å². The van der Waals surface area contributed by atoms with E-state index in [0.717, 1.165) is 26.5 Å². The molecule has 24 heavy (non-hydrogen) atoms. The van der Waals surface area contributed by atoms with Crippen molar-refractivity contribution in [3.8, 4) is 0 Å². The van der Waals surface area contributed by atoms with Crippen molar-refractivity contribution in [2.45, 2.75) is 13.8 Å². The van der Waals surface area contributed by atoms with Crippen LogP contribution >= 0.6 is 15.9 Å². The minimum absolute atomic E-state index is 0.269. The molecule has 0 unspecified atom stereocenters. The number of hydrazone groups is 1. The Morgan fingerprint density at radius 2 is 1.96 bits per heavy atom. The summed E-state index contributed by atoms with van der Waals surface area (Å²) in [7, 11) is 0. The number of hydrogen-bond donors (Lipinski definition) is 1. The second kappa shape index (κ2) is 6.93. The maximum absolute atomic E-state index is 12.4. The van der Waals surface area contributed by atoms with E-state index < -0.39 is 0 Å². The van der Waals surface area contributed by atoms with Gasteiger partial charge in [0.15, 0.2) is 0 Å². The molecule has 0 spiro atoms. The minimum atomic E-state index is -0.269. The van der Waals surface area contributed by atoms with Gasteiger partial charge in [0.2, 0.25) is 0 Å². The van der Waals surface area contributed by atoms with E-state index in [9.17, 15) is 4.79 Å². The lowest BCUT2D eigenvalue weighted by molar-refractivity contribution is 0.0954. The number of rotatable bonds is 3. The molecule has 1 amide bonds. The molecule has 0 aliphatic rings. The third-order valence-corrected chi connectivity index (χ3v) is 4.20. The number of carbonyl (C=O) groups excluding carboxylic acids is 1. The molecular weight excluding hydrogens is 366 g/mol. The van der Waals surface area contributed by atoms with E-state index in [0.29, 0.717) is 11.3 Å². The van der Waals surface area contributed by atoms with E-state index in [-0.39, 0.29) is 5.91 Å². The van der Waals surface area contributed by atoms with Crippen molar-refractivity contribution in [2.24, 2.45) is 5.10 Å². The average molecular weight is 382 g/mol. The summed E-state index contributed by atoms with van der Waals surface area (Å²) in [4.78, 5) is 16.9. The summed E-state index contributed by atoms with van der Waals surface area (Å²) in [5.41, 5.74) is 6.69. The Hall–Kier alpha value is -2.53. The van der Waals surface area contributed by atoms with Gasteiger partial charge < -0.3 is 0 Å². The van der Waals surface area contributed by atoms with Crippen molar-refractivity contribution >= 4 is 39.0 Å². The van der Waals surface area contributed by atoms with Gasteiger partial charge in [-0.25, -0.2) is 5.43 Å². The number of carbonyl (C=O) groups is 1. The number of aromatic nitrogens is 1. The SMILES string of the molecule is Cc1nc2c(C)cccc2cc1C(=O)NN=Cc1cccc(Br)c1. The van der Waals surface area contributed by atoms with Crippen LogP contribution in [0.1, 0.15) is 27.2 Å². The van der Waals surface area contributed by atoms with Gasteiger partial charge in [0.05, 0.1) is 23.0 Å². The number of hydrogen-bond acceptors (Lipinski definition) is 3. The molecule has 0 aliphatic heterocycles. The normalized spacial score (nSPS) is 11.1. The van der Waals surface area contributed by atoms with Crippen LogP contribution in [0.4, 0.5) is 0 Å². The molecule has 3 rings (SSSR count). The van der Waals surface area contributed by atoms with E-state index in [1.165, 1.54) is 0 Å². The number of fused-ring (bicyclic) bond motifs is 1. The lowest BCUT2D eigenvalue weighted by Gasteiger charge is -2.07. The molecule has 0 fully saturated rings. The molecule has 3 aromatic rings. The first-order chi connectivity index (χ1) is 11.5. The fraction of sp³-hybridized carbons (Fsp3) is 0.105. The number of amides is 1. The highest BCUT2D eigenvalue weighted by molar-refractivity contribution is 9.10. The first-order valence-electron chi connectivity index (χ1n) is 7.50. The molecule has 0 bridgehead atoms. The molecule has 0 saturated carbocycles. The van der Waals surface area contributed by atoms with Gasteiger partial charge in [0.1, 0.15) is 0 Å². The Morgan fingerprint density at radius 3 is 2.75 bits per heavy atom. The molecule has 2 aromatic carbocycles. The Balaban J connectivity index is 1.82. The minimum Gasteiger partial charge on any atom is -0.267 e. The van der Waals surface area contributed by atoms with Crippen LogP contribution < -0.4 is 5.43 Å². The van der Waals surface area contributed by atoms with E-state index in [1.54, 1.807) is 6.21 Å². The summed E-state index contributed by atoms with van der Waals surface area (Å²) >= 11 is 3.40. The van der Waals surface area contributed by atoms with Gasteiger partial charge >= 0.3 is 0 Å². The predicted octanol–water partition coefficient (Wildman–Crippen LogP) is 4.38. The van der Waals surface area contributed by atoms with Crippen LogP contribution in [0.2, 0.25) is 0 Å². The van der Waals surface area contributed by atoms with Crippen LogP contribution in [-0.4, -0.2) is 17.1 Å². The van der Waals surface area contributed by atoms with Crippen LogP contribution in [0, 0.1) is 13.8 Å². The molecule has 0 aliphatic carbocycles. The molecule has 0 saturated heterocycles. The Labute approximate surface area is 148 Å². The van der Waals surface area contributed by atoms with Crippen LogP contribution in [0.3, 0.4) is 0 Å². The zero-order valence-corrected chi connectivity index (χ0v) is 15.0. The fourth-order valence-corrected chi connectivity index (χ4v) is 2.90. The Bertz CT molecular complexity index is 950. The quantitative estimate of drug-likeness (QED) is 0.540. The van der Waals surface area contributed by atoms with Crippen LogP contribution in [0.25, 0.3) is 10.9 Å². The number of nitrogens with one attached hydrogen (secondary N) is 1. The second-order valence-corrected chi connectivity index (χ2v) is 6.44. The number of benzene rings is 2. The smallest absolute Gasteiger partial charge is 0.267 e. The average Bonchev–Trinajstić information content (AvgIpc) is 2.55. The fourth-order valence-electron chi connectivity index (χ4n) is 2.48. The monoisotopic (exact) mass is 381 g/mol. The van der Waals surface area contributed by atoms with Gasteiger partial charge in [-0.2, -0.15) is 5.10 Å². The van der Waals surface area contributed by atoms with Gasteiger partial charge in [0, 0.05) is 9.86 Å². The van der Waals surface area contributed by atoms with Gasteiger partial charge in [-0.1, -0.05) is 46.3 Å². The van der Waals surface area contributed by atoms with Crippen molar-refractivity contribution in [1.82, 2.24) is 10.4 Å². The molecule has 1 N–H and O–H groups in total. The summed E-state index contributed by atoms with van der Waals surface area (Å²) in [6.07, 6.45) is 1.61. The van der Waals surface area contributed by atoms with Crippen LogP contribution in [-0.2, 0) is 0 Å². The van der Waals surface area contributed by atoms with Crippen molar-refractivity contribution in [3.63, 3.8) is 0 Å². The number of nitrogens with zero attached hydrogens (tertiary/aromatic N) is 2. The maximum Gasteiger partial charge on any atom is 0.273 e. The summed E-state index contributed by atoms with van der Waals surface area (Å²) < 4.78 is 0.961. The Kier molecular flexibility index (Phi) is 4.71. The second-order valence-electron chi connectivity index (χ2n) is 5.52. The highest BCUT2D eigenvalue weighted by Gasteiger charge is 2.11. The molecule has 0 radical (unpaired) electrons. The molecule has 1 heterocycles. The molecule has 5 heteroatoms. The van der Waals surface area contributed by atoms with Gasteiger partial charge in [-0.05, 0) is 43.2 Å². The molecule has 1 aromatic heterocycles. The van der Waals surface area contributed by atoms with Gasteiger partial charge in [0.25, 0.3) is 5.91 Å². The number of para-hydroxylation sites is 1. The molecule has 120 valence electrons. The first-order valence-corrected chi connectivity index (χ1v) is 8.30. The van der Waals surface area contributed by atoms with Crippen LogP contribution in [0.5, 0.6) is 0 Å². The summed E-state index contributed by atoms with van der Waals surface area (Å²) in [5.74, 6) is -0.269. The van der Waals surface area contributed by atoms with Crippen molar-refractivity contribution in [3.05, 3.63) is 75.4 Å². The van der Waals surface area contributed by atoms with Crippen molar-refractivity contribution < 1.29 is 4.79 Å². The first kappa shape index (κ1) is 16.3. The van der Waals surface area contributed by atoms with E-state index in [2.05, 4.69) is 31.4 Å². The zero-order valence-electron chi connectivity index (χ0n) is 13.4. The molecule has 4 nitrogen and oxygen atoms in total. The number of halogens is 1. The third kappa shape index (κ3) is 3.51. The number of pyridine rings is 1. The summed E-state index contributed by atoms with van der Waals surface area (Å²) in [5, 5.41) is 4.97. The maximum atomic E-state index is 12.4. The van der Waals surface area contributed by atoms with E-state index >= 15 is 0 Å². The summed E-state index contributed by atoms with van der Waals surface area (Å²) in [6, 6.07) is 15.5. The lowest BCUT2D eigenvalue weighted by Crippen LogP contribution is -2.19. The van der Waals surface area contributed by atoms with Crippen LogP contribution in [0.15, 0.2) is 58.1 Å². The third-order valence-electron chi connectivity index (χ3n) is 3.71. The molecular formula is C19H16BrN3O. The standard InChI is InChI=1S/C19H16BrN3O/c1-12-5-3-7-15-10-17(13(2)22-18(12)15)19(24)23-21-11-14-6-4-8-16(20)9-14/h3-11H,1-2H3,(H,23,24). The van der Waals surface area contributed by atoms with E-state index in [4.69, 9.17) is 0 Å². The topological polar surface area (TPSA) is 54.4 Å². The largest absolute Gasteiger partial charge is 0.273 e. The van der Waals surface area contributed by atoms with Gasteiger partial charge in [-0.15, -0.1) is 0 Å². The van der Waals surface area contributed by atoms with Crippen molar-refractivity contribution in [2.75, 3.05) is 0 Å². The lowest BCUT2D eigenvalue weighted by atomic mass is 10.1. The molecule has 0 atom stereocenters. The van der Waals surface area contributed by atoms with Gasteiger partial charge in [-0.3, -0.25) is 9.78 Å².